The summed E-state index contributed by atoms with van der Waals surface area (Å²) in [4.78, 5) is 0. The van der Waals surface area contributed by atoms with Gasteiger partial charge in [0, 0.05) is 6.92 Å². The SMILES string of the molecule is CBr.CC.CC(F)(F)F.c1ccccc1. The quantitative estimate of drug-likeness (QED) is 0.568. The van der Waals surface area contributed by atoms with Crippen molar-refractivity contribution < 1.29 is 13.2 Å². The van der Waals surface area contributed by atoms with Gasteiger partial charge < -0.3 is 0 Å². The molecule has 0 heterocycles. The van der Waals surface area contributed by atoms with Crippen molar-refractivity contribution in [2.24, 2.45) is 0 Å². The van der Waals surface area contributed by atoms with Gasteiger partial charge in [0.25, 0.3) is 0 Å². The van der Waals surface area contributed by atoms with Crippen molar-refractivity contribution in [3.05, 3.63) is 36.4 Å². The first kappa shape index (κ1) is 20.0. The maximum absolute atomic E-state index is 10.4. The Hall–Kier alpha value is -0.510. The molecule has 0 N–H and O–H groups in total. The summed E-state index contributed by atoms with van der Waals surface area (Å²) >= 11 is 2.94. The third-order valence-electron chi connectivity index (χ3n) is 0.667. The average molecular weight is 287 g/mol. The summed E-state index contributed by atoms with van der Waals surface area (Å²) in [7, 11) is 0. The van der Waals surface area contributed by atoms with Gasteiger partial charge in [0.05, 0.1) is 0 Å². The number of hydrogen-bond acceptors (Lipinski definition) is 0. The zero-order chi connectivity index (χ0) is 12.7. The Morgan fingerprint density at radius 3 is 0.867 bits per heavy atom. The molecule has 0 aliphatic carbocycles. The molecular formula is C11H18BrF3. The Balaban J connectivity index is -0.000000146. The van der Waals surface area contributed by atoms with Gasteiger partial charge in [-0.2, -0.15) is 13.2 Å². The van der Waals surface area contributed by atoms with Crippen LogP contribution in [0, 0.1) is 0 Å². The van der Waals surface area contributed by atoms with Crippen molar-refractivity contribution in [3.8, 4) is 0 Å². The first-order chi connectivity index (χ1) is 7.00. The monoisotopic (exact) mass is 286 g/mol. The molecule has 0 fully saturated rings. The summed E-state index contributed by atoms with van der Waals surface area (Å²) < 4.78 is 31.1. The van der Waals surface area contributed by atoms with Crippen LogP contribution >= 0.6 is 15.9 Å². The Bertz CT molecular complexity index is 140. The second-order valence-electron chi connectivity index (χ2n) is 1.94. The van der Waals surface area contributed by atoms with Gasteiger partial charge in [-0.15, -0.1) is 0 Å². The summed E-state index contributed by atoms with van der Waals surface area (Å²) in [6.07, 6.45) is -4.00. The molecule has 0 atom stereocenters. The van der Waals surface area contributed by atoms with Crippen LogP contribution in [0.1, 0.15) is 20.8 Å². The van der Waals surface area contributed by atoms with E-state index in [1.54, 1.807) is 0 Å². The lowest BCUT2D eigenvalue weighted by molar-refractivity contribution is -0.110. The molecular weight excluding hydrogens is 269 g/mol. The highest BCUT2D eigenvalue weighted by atomic mass is 79.9. The van der Waals surface area contributed by atoms with Crippen molar-refractivity contribution in [2.75, 3.05) is 5.83 Å². The predicted octanol–water partition coefficient (Wildman–Crippen LogP) is 5.29. The molecule has 0 nitrogen and oxygen atoms in total. The summed E-state index contributed by atoms with van der Waals surface area (Å²) in [5.41, 5.74) is 0. The highest BCUT2D eigenvalue weighted by Gasteiger charge is 2.15. The zero-order valence-electron chi connectivity index (χ0n) is 9.48. The number of alkyl halides is 4. The average Bonchev–Trinajstić information content (AvgIpc) is 2.24. The van der Waals surface area contributed by atoms with Gasteiger partial charge >= 0.3 is 6.18 Å². The molecule has 90 valence electrons. The lowest BCUT2D eigenvalue weighted by Gasteiger charge is -1.88. The summed E-state index contributed by atoms with van der Waals surface area (Å²) in [6, 6.07) is 12.0. The fraction of sp³-hybridized carbons (Fsp3) is 0.455. The smallest absolute Gasteiger partial charge is 0.172 e. The molecule has 0 radical (unpaired) electrons. The van der Waals surface area contributed by atoms with Gasteiger partial charge in [-0.1, -0.05) is 66.2 Å². The lowest BCUT2D eigenvalue weighted by Crippen LogP contribution is -1.95. The van der Waals surface area contributed by atoms with Crippen molar-refractivity contribution in [1.82, 2.24) is 0 Å². The fourth-order valence-corrected chi connectivity index (χ4v) is 0.385. The van der Waals surface area contributed by atoms with E-state index in [0.717, 1.165) is 0 Å². The Labute approximate surface area is 98.6 Å². The molecule has 4 heteroatoms. The highest BCUT2D eigenvalue weighted by molar-refractivity contribution is 9.08. The molecule has 0 spiro atoms. The van der Waals surface area contributed by atoms with Crippen LogP contribution in [0.25, 0.3) is 0 Å². The molecule has 0 aromatic heterocycles. The minimum atomic E-state index is -4.00. The maximum atomic E-state index is 10.4. The standard InChI is InChI=1S/C6H6.C2H3F3.C2H6.CH3Br/c1-2-4-6-5-3-1;1-2(3,4)5;2*1-2/h1-6H;1H3;1-2H3;1H3. The van der Waals surface area contributed by atoms with Crippen LogP contribution in [0.2, 0.25) is 0 Å². The van der Waals surface area contributed by atoms with Crippen molar-refractivity contribution >= 4 is 15.9 Å². The van der Waals surface area contributed by atoms with Gasteiger partial charge in [-0.05, 0) is 5.83 Å². The van der Waals surface area contributed by atoms with E-state index in [9.17, 15) is 13.2 Å². The highest BCUT2D eigenvalue weighted by Crippen LogP contribution is 2.10. The molecule has 0 amide bonds. The second kappa shape index (κ2) is 15.9. The third kappa shape index (κ3) is 59.1. The van der Waals surface area contributed by atoms with E-state index in [1.807, 2.05) is 56.1 Å². The van der Waals surface area contributed by atoms with E-state index < -0.39 is 6.18 Å². The van der Waals surface area contributed by atoms with Crippen molar-refractivity contribution in [2.45, 2.75) is 26.9 Å². The van der Waals surface area contributed by atoms with E-state index in [-0.39, 0.29) is 6.92 Å². The number of rotatable bonds is 0. The second-order valence-corrected chi connectivity index (χ2v) is 1.94. The molecule has 1 aromatic rings. The fourth-order valence-electron chi connectivity index (χ4n) is 0.385. The van der Waals surface area contributed by atoms with Crippen LogP contribution in [0.15, 0.2) is 36.4 Å². The van der Waals surface area contributed by atoms with Crippen LogP contribution < -0.4 is 0 Å². The molecule has 1 rings (SSSR count). The Morgan fingerprint density at radius 1 is 0.733 bits per heavy atom. The summed E-state index contributed by atoms with van der Waals surface area (Å²) in [5.74, 6) is 1.81. The van der Waals surface area contributed by atoms with Crippen LogP contribution in [-0.2, 0) is 0 Å². The number of halogens is 4. The van der Waals surface area contributed by atoms with Crippen LogP contribution in [0.5, 0.6) is 0 Å². The number of benzene rings is 1. The first-order valence-corrected chi connectivity index (χ1v) is 6.03. The van der Waals surface area contributed by atoms with Crippen LogP contribution in [0.4, 0.5) is 13.2 Å². The van der Waals surface area contributed by atoms with Gasteiger partial charge in [-0.25, -0.2) is 0 Å². The number of hydrogen-bond donors (Lipinski definition) is 0. The van der Waals surface area contributed by atoms with Gasteiger partial charge in [0.15, 0.2) is 0 Å². The zero-order valence-corrected chi connectivity index (χ0v) is 11.1. The molecule has 0 unspecified atom stereocenters. The molecule has 15 heavy (non-hydrogen) atoms. The Kier molecular flexibility index (Phi) is 21.2. The molecule has 0 aliphatic rings. The van der Waals surface area contributed by atoms with Crippen LogP contribution in [0.3, 0.4) is 0 Å². The van der Waals surface area contributed by atoms with E-state index in [4.69, 9.17) is 0 Å². The lowest BCUT2D eigenvalue weighted by atomic mass is 10.4. The maximum Gasteiger partial charge on any atom is 0.386 e. The minimum Gasteiger partial charge on any atom is -0.172 e. The molecule has 0 aliphatic heterocycles. The van der Waals surface area contributed by atoms with E-state index in [1.165, 1.54) is 0 Å². The molecule has 0 saturated carbocycles. The van der Waals surface area contributed by atoms with Gasteiger partial charge in [0.1, 0.15) is 0 Å². The van der Waals surface area contributed by atoms with E-state index in [0.29, 0.717) is 0 Å². The van der Waals surface area contributed by atoms with Gasteiger partial charge in [0.2, 0.25) is 0 Å². The topological polar surface area (TPSA) is 0 Å². The van der Waals surface area contributed by atoms with Crippen molar-refractivity contribution in [1.29, 1.82) is 0 Å². The predicted molar refractivity (Wildman–Crippen MR) is 64.4 cm³/mol. The van der Waals surface area contributed by atoms with Crippen LogP contribution in [-0.4, -0.2) is 12.0 Å². The van der Waals surface area contributed by atoms with Gasteiger partial charge in [-0.3, -0.25) is 0 Å². The van der Waals surface area contributed by atoms with E-state index >= 15 is 0 Å². The molecule has 0 saturated heterocycles. The normalized spacial score (nSPS) is 8.00. The summed E-state index contributed by atoms with van der Waals surface area (Å²) in [6.45, 7) is 4.19. The van der Waals surface area contributed by atoms with E-state index in [2.05, 4.69) is 15.9 Å². The largest absolute Gasteiger partial charge is 0.386 e. The summed E-state index contributed by atoms with van der Waals surface area (Å²) in [5, 5.41) is 0. The first-order valence-electron chi connectivity index (χ1n) is 4.44. The minimum absolute atomic E-state index is 0.188. The third-order valence-corrected chi connectivity index (χ3v) is 0.667. The molecule has 1 aromatic carbocycles. The Morgan fingerprint density at radius 2 is 0.800 bits per heavy atom. The molecule has 0 bridgehead atoms. The van der Waals surface area contributed by atoms with Crippen molar-refractivity contribution in [3.63, 3.8) is 0 Å².